The highest BCUT2D eigenvalue weighted by molar-refractivity contribution is 7.89. The van der Waals surface area contributed by atoms with Crippen LogP contribution in [0.4, 0.5) is 5.69 Å². The normalized spacial score (nSPS) is 15.9. The van der Waals surface area contributed by atoms with Crippen LogP contribution in [0.3, 0.4) is 0 Å². The summed E-state index contributed by atoms with van der Waals surface area (Å²) in [5.74, 6) is 0.0373. The Kier molecular flexibility index (Phi) is 8.34. The van der Waals surface area contributed by atoms with E-state index in [9.17, 15) is 21.6 Å². The van der Waals surface area contributed by atoms with Gasteiger partial charge in [0.2, 0.25) is 26.0 Å². The molecule has 1 amide bonds. The van der Waals surface area contributed by atoms with Gasteiger partial charge in [0.05, 0.1) is 16.9 Å². The average Bonchev–Trinajstić information content (AvgIpc) is 2.85. The molecule has 9 nitrogen and oxygen atoms in total. The van der Waals surface area contributed by atoms with E-state index in [0.717, 1.165) is 0 Å². The number of piperidine rings is 1. The van der Waals surface area contributed by atoms with Crippen LogP contribution < -0.4 is 10.1 Å². The third-order valence-electron chi connectivity index (χ3n) is 5.99. The van der Waals surface area contributed by atoms with Crippen molar-refractivity contribution in [3.05, 3.63) is 48.5 Å². The maximum absolute atomic E-state index is 12.9. The van der Waals surface area contributed by atoms with E-state index in [1.807, 2.05) is 0 Å². The second-order valence-electron chi connectivity index (χ2n) is 7.96. The third kappa shape index (κ3) is 5.60. The number of amides is 1. The quantitative estimate of drug-likeness (QED) is 0.556. The van der Waals surface area contributed by atoms with Crippen molar-refractivity contribution in [2.75, 3.05) is 38.6 Å². The van der Waals surface area contributed by atoms with Crippen molar-refractivity contribution < 1.29 is 26.4 Å². The van der Waals surface area contributed by atoms with Gasteiger partial charge in [0.25, 0.3) is 0 Å². The Hall–Kier alpha value is -2.47. The van der Waals surface area contributed by atoms with Gasteiger partial charge >= 0.3 is 0 Å². The molecular weight excluding hydrogens is 478 g/mol. The smallest absolute Gasteiger partial charge is 0.243 e. The molecule has 34 heavy (non-hydrogen) atoms. The molecule has 1 fully saturated rings. The van der Waals surface area contributed by atoms with E-state index in [0.29, 0.717) is 37.4 Å². The summed E-state index contributed by atoms with van der Waals surface area (Å²) in [6, 6.07) is 12.3. The number of ether oxygens (including phenoxy) is 1. The molecule has 2 aromatic rings. The Labute approximate surface area is 201 Å². The lowest BCUT2D eigenvalue weighted by atomic mass is 9.97. The van der Waals surface area contributed by atoms with Gasteiger partial charge in [-0.1, -0.05) is 13.8 Å². The fourth-order valence-electron chi connectivity index (χ4n) is 3.92. The molecule has 0 saturated carbocycles. The molecule has 1 saturated heterocycles. The number of rotatable bonds is 9. The Morgan fingerprint density at radius 2 is 1.47 bits per heavy atom. The van der Waals surface area contributed by atoms with Crippen LogP contribution in [-0.4, -0.2) is 64.6 Å². The van der Waals surface area contributed by atoms with Gasteiger partial charge in [0.1, 0.15) is 5.75 Å². The van der Waals surface area contributed by atoms with Gasteiger partial charge in [-0.2, -0.15) is 8.61 Å². The molecule has 0 unspecified atom stereocenters. The van der Waals surface area contributed by atoms with Crippen LogP contribution in [0, 0.1) is 5.92 Å². The second kappa shape index (κ2) is 10.9. The molecular formula is C23H31N3O6S2. The molecule has 2 aromatic carbocycles. The number of methoxy groups -OCH3 is 1. The molecule has 186 valence electrons. The first kappa shape index (κ1) is 26.1. The van der Waals surface area contributed by atoms with Crippen molar-refractivity contribution in [3.63, 3.8) is 0 Å². The molecule has 1 N–H and O–H groups in total. The van der Waals surface area contributed by atoms with E-state index < -0.39 is 20.0 Å². The van der Waals surface area contributed by atoms with Crippen molar-refractivity contribution in [1.29, 1.82) is 0 Å². The van der Waals surface area contributed by atoms with Crippen molar-refractivity contribution >= 4 is 31.6 Å². The molecule has 1 aliphatic heterocycles. The number of carbonyl (C=O) groups is 1. The summed E-state index contributed by atoms with van der Waals surface area (Å²) in [4.78, 5) is 13.1. The Morgan fingerprint density at radius 3 is 1.97 bits per heavy atom. The summed E-state index contributed by atoms with van der Waals surface area (Å²) in [5.41, 5.74) is 0.497. The van der Waals surface area contributed by atoms with Crippen molar-refractivity contribution in [3.8, 4) is 5.75 Å². The Balaban J connectivity index is 1.59. The fraction of sp³-hybridized carbons (Fsp3) is 0.435. The predicted octanol–water partition coefficient (Wildman–Crippen LogP) is 2.77. The second-order valence-corrected chi connectivity index (χ2v) is 11.8. The van der Waals surface area contributed by atoms with Crippen LogP contribution in [0.1, 0.15) is 26.7 Å². The Morgan fingerprint density at radius 1 is 0.941 bits per heavy atom. The van der Waals surface area contributed by atoms with E-state index in [-0.39, 0.29) is 34.7 Å². The number of nitrogens with one attached hydrogen (secondary N) is 1. The van der Waals surface area contributed by atoms with E-state index in [4.69, 9.17) is 4.74 Å². The first-order valence-electron chi connectivity index (χ1n) is 11.2. The van der Waals surface area contributed by atoms with Crippen molar-refractivity contribution in [2.24, 2.45) is 5.92 Å². The largest absolute Gasteiger partial charge is 0.497 e. The van der Waals surface area contributed by atoms with Gasteiger partial charge in [0, 0.05) is 37.8 Å². The van der Waals surface area contributed by atoms with Gasteiger partial charge in [-0.15, -0.1) is 0 Å². The van der Waals surface area contributed by atoms with Crippen LogP contribution in [0.15, 0.2) is 58.3 Å². The summed E-state index contributed by atoms with van der Waals surface area (Å²) in [6.07, 6.45) is 0.797. The SMILES string of the molecule is CCN(CC)S(=O)(=O)c1ccc(NC(=O)C2CCN(S(=O)(=O)c3ccc(OC)cc3)CC2)cc1. The first-order valence-corrected chi connectivity index (χ1v) is 14.1. The molecule has 0 aromatic heterocycles. The number of benzene rings is 2. The Bertz CT molecular complexity index is 1180. The van der Waals surface area contributed by atoms with Gasteiger partial charge < -0.3 is 10.1 Å². The van der Waals surface area contributed by atoms with Crippen LogP contribution >= 0.6 is 0 Å². The van der Waals surface area contributed by atoms with E-state index in [1.54, 1.807) is 38.1 Å². The molecule has 11 heteroatoms. The zero-order valence-corrected chi connectivity index (χ0v) is 21.2. The average molecular weight is 510 g/mol. The summed E-state index contributed by atoms with van der Waals surface area (Å²) in [5, 5.41) is 2.82. The van der Waals surface area contributed by atoms with Gasteiger partial charge in [0.15, 0.2) is 0 Å². The standard InChI is InChI=1S/C23H31N3O6S2/c1-4-25(5-2)33(28,29)21-10-6-19(7-11-21)24-23(27)18-14-16-26(17-15-18)34(30,31)22-12-8-20(32-3)9-13-22/h6-13,18H,4-5,14-17H2,1-3H3,(H,24,27). The highest BCUT2D eigenvalue weighted by Crippen LogP contribution is 2.26. The summed E-state index contributed by atoms with van der Waals surface area (Å²) < 4.78 is 58.8. The van der Waals surface area contributed by atoms with Crippen LogP contribution in [0.5, 0.6) is 5.75 Å². The maximum atomic E-state index is 12.9. The molecule has 0 radical (unpaired) electrons. The van der Waals surface area contributed by atoms with Crippen LogP contribution in [0.25, 0.3) is 0 Å². The number of hydrogen-bond donors (Lipinski definition) is 1. The van der Waals surface area contributed by atoms with Gasteiger partial charge in [-0.3, -0.25) is 4.79 Å². The summed E-state index contributed by atoms with van der Waals surface area (Å²) in [6.45, 7) is 4.81. The minimum absolute atomic E-state index is 0.172. The van der Waals surface area contributed by atoms with E-state index in [2.05, 4.69) is 5.32 Å². The van der Waals surface area contributed by atoms with E-state index >= 15 is 0 Å². The number of anilines is 1. The number of carbonyl (C=O) groups excluding carboxylic acids is 1. The first-order chi connectivity index (χ1) is 16.1. The zero-order chi connectivity index (χ0) is 24.9. The predicted molar refractivity (Wildman–Crippen MR) is 130 cm³/mol. The lowest BCUT2D eigenvalue weighted by Gasteiger charge is -2.30. The van der Waals surface area contributed by atoms with E-state index in [1.165, 1.54) is 40.0 Å². The molecule has 0 atom stereocenters. The molecule has 0 aliphatic carbocycles. The van der Waals surface area contributed by atoms with Gasteiger partial charge in [-0.25, -0.2) is 16.8 Å². The molecule has 0 bridgehead atoms. The minimum Gasteiger partial charge on any atom is -0.497 e. The molecule has 0 spiro atoms. The van der Waals surface area contributed by atoms with Crippen molar-refractivity contribution in [1.82, 2.24) is 8.61 Å². The minimum atomic E-state index is -3.64. The summed E-state index contributed by atoms with van der Waals surface area (Å²) in [7, 11) is -5.69. The fourth-order valence-corrected chi connectivity index (χ4v) is 6.85. The highest BCUT2D eigenvalue weighted by Gasteiger charge is 2.32. The summed E-state index contributed by atoms with van der Waals surface area (Å²) >= 11 is 0. The molecule has 3 rings (SSSR count). The third-order valence-corrected chi connectivity index (χ3v) is 9.96. The van der Waals surface area contributed by atoms with Crippen LogP contribution in [-0.2, 0) is 24.8 Å². The lowest BCUT2D eigenvalue weighted by molar-refractivity contribution is -0.120. The lowest BCUT2D eigenvalue weighted by Crippen LogP contribution is -2.41. The molecule has 1 aliphatic rings. The number of sulfonamides is 2. The number of hydrogen-bond acceptors (Lipinski definition) is 6. The van der Waals surface area contributed by atoms with Crippen molar-refractivity contribution in [2.45, 2.75) is 36.5 Å². The zero-order valence-electron chi connectivity index (χ0n) is 19.6. The van der Waals surface area contributed by atoms with Gasteiger partial charge in [-0.05, 0) is 61.4 Å². The maximum Gasteiger partial charge on any atom is 0.243 e. The monoisotopic (exact) mass is 509 g/mol. The highest BCUT2D eigenvalue weighted by atomic mass is 32.2. The topological polar surface area (TPSA) is 113 Å². The number of nitrogens with zero attached hydrogens (tertiary/aromatic N) is 2. The van der Waals surface area contributed by atoms with Crippen LogP contribution in [0.2, 0.25) is 0 Å². The molecule has 1 heterocycles.